The van der Waals surface area contributed by atoms with Gasteiger partial charge in [0.15, 0.2) is 0 Å². The lowest BCUT2D eigenvalue weighted by Crippen LogP contribution is -2.49. The number of methoxy groups -OCH3 is 1. The molecule has 5 nitrogen and oxygen atoms in total. The summed E-state index contributed by atoms with van der Waals surface area (Å²) in [4.78, 5) is 28.8. The number of esters is 1. The lowest BCUT2D eigenvalue weighted by Gasteiger charge is -2.47. The van der Waals surface area contributed by atoms with Gasteiger partial charge in [-0.3, -0.25) is 9.69 Å². The molecular weight excluding hydrogens is 384 g/mol. The average molecular weight is 415 g/mol. The van der Waals surface area contributed by atoms with Gasteiger partial charge in [0.25, 0.3) is 5.56 Å². The maximum atomic E-state index is 12.7. The van der Waals surface area contributed by atoms with Gasteiger partial charge in [-0.05, 0) is 49.3 Å². The van der Waals surface area contributed by atoms with Crippen molar-refractivity contribution in [2.75, 3.05) is 20.2 Å². The summed E-state index contributed by atoms with van der Waals surface area (Å²) >= 11 is 1.52. The van der Waals surface area contributed by atoms with Crippen LogP contribution in [0.1, 0.15) is 65.3 Å². The van der Waals surface area contributed by atoms with Crippen molar-refractivity contribution in [3.8, 4) is 0 Å². The lowest BCUT2D eigenvalue weighted by atomic mass is 9.76. The largest absolute Gasteiger partial charge is 0.465 e. The fourth-order valence-electron chi connectivity index (χ4n) is 5.03. The Morgan fingerprint density at radius 2 is 2.07 bits per heavy atom. The highest BCUT2D eigenvalue weighted by atomic mass is 32.1. The molecule has 2 aliphatic rings. The Morgan fingerprint density at radius 3 is 2.83 bits per heavy atom. The number of likely N-dealkylation sites (tertiary alicyclic amines) is 1. The van der Waals surface area contributed by atoms with Crippen molar-refractivity contribution in [1.82, 2.24) is 9.47 Å². The Kier molecular flexibility index (Phi) is 5.93. The van der Waals surface area contributed by atoms with E-state index in [1.54, 1.807) is 6.07 Å². The summed E-state index contributed by atoms with van der Waals surface area (Å²) in [7, 11) is 1.42. The van der Waals surface area contributed by atoms with Crippen molar-refractivity contribution in [1.29, 1.82) is 0 Å². The molecule has 0 radical (unpaired) electrons. The molecule has 4 rings (SSSR count). The maximum absolute atomic E-state index is 12.7. The van der Waals surface area contributed by atoms with Crippen molar-refractivity contribution >= 4 is 17.3 Å². The van der Waals surface area contributed by atoms with E-state index >= 15 is 0 Å². The highest BCUT2D eigenvalue weighted by Crippen LogP contribution is 2.43. The predicted octanol–water partition coefficient (Wildman–Crippen LogP) is 4.29. The number of carbonyl (C=O) groups excluding carboxylic acids is 1. The molecule has 0 aromatic carbocycles. The third-order valence-corrected chi connectivity index (χ3v) is 7.39. The van der Waals surface area contributed by atoms with E-state index in [1.165, 1.54) is 35.4 Å². The second-order valence-corrected chi connectivity index (χ2v) is 10.0. The molecule has 4 heterocycles. The van der Waals surface area contributed by atoms with Crippen LogP contribution in [0.4, 0.5) is 0 Å². The minimum absolute atomic E-state index is 0.153. The summed E-state index contributed by atoms with van der Waals surface area (Å²) in [6, 6.07) is 9.95. The third-order valence-electron chi connectivity index (χ3n) is 6.34. The number of aromatic nitrogens is 1. The number of carbonyl (C=O) groups is 1. The predicted molar refractivity (Wildman–Crippen MR) is 116 cm³/mol. The topological polar surface area (TPSA) is 51.5 Å². The minimum atomic E-state index is -0.265. The van der Waals surface area contributed by atoms with Crippen molar-refractivity contribution in [2.45, 2.75) is 51.6 Å². The standard InChI is InChI=1S/C23H30N2O3S/c1-15(2)7-9-20-17-11-16(19-5-4-6-22(26)25(19)20)12-24(13-17)14-18-8-10-21(29-18)23(27)28-3/h4-6,8,10,15-17,20H,7,9,11-14H2,1-3H3/t16-,17+,20+/m1/s1. The number of nitrogens with zero attached hydrogens (tertiary/aromatic N) is 2. The third kappa shape index (κ3) is 4.19. The molecule has 0 aliphatic carbocycles. The first-order valence-corrected chi connectivity index (χ1v) is 11.4. The number of ether oxygens (including phenoxy) is 1. The smallest absolute Gasteiger partial charge is 0.348 e. The van der Waals surface area contributed by atoms with E-state index in [0.29, 0.717) is 22.6 Å². The van der Waals surface area contributed by atoms with Crippen LogP contribution in [0.3, 0.4) is 0 Å². The van der Waals surface area contributed by atoms with Crippen molar-refractivity contribution in [3.63, 3.8) is 0 Å². The van der Waals surface area contributed by atoms with Gasteiger partial charge in [0, 0.05) is 48.2 Å². The van der Waals surface area contributed by atoms with Crippen molar-refractivity contribution in [3.05, 3.63) is 56.1 Å². The summed E-state index contributed by atoms with van der Waals surface area (Å²) in [6.45, 7) is 7.32. The first kappa shape index (κ1) is 20.4. The van der Waals surface area contributed by atoms with Gasteiger partial charge in [0.2, 0.25) is 0 Å². The number of hydrogen-bond acceptors (Lipinski definition) is 5. The Labute approximate surface area is 176 Å². The number of rotatable bonds is 6. The van der Waals surface area contributed by atoms with E-state index in [9.17, 15) is 9.59 Å². The molecule has 1 saturated heterocycles. The summed E-state index contributed by atoms with van der Waals surface area (Å²) in [5.41, 5.74) is 1.36. The molecule has 0 spiro atoms. The molecule has 2 bridgehead atoms. The molecule has 2 aromatic heterocycles. The van der Waals surface area contributed by atoms with E-state index in [-0.39, 0.29) is 17.6 Å². The number of pyridine rings is 1. The van der Waals surface area contributed by atoms with E-state index in [0.717, 1.165) is 32.5 Å². The van der Waals surface area contributed by atoms with Gasteiger partial charge in [0.1, 0.15) is 4.88 Å². The molecule has 3 atom stereocenters. The molecule has 6 heteroatoms. The zero-order valence-corrected chi connectivity index (χ0v) is 18.3. The van der Waals surface area contributed by atoms with Gasteiger partial charge >= 0.3 is 5.97 Å². The fraction of sp³-hybridized carbons (Fsp3) is 0.565. The molecule has 2 aliphatic heterocycles. The van der Waals surface area contributed by atoms with Crippen molar-refractivity contribution in [2.24, 2.45) is 11.8 Å². The van der Waals surface area contributed by atoms with Gasteiger partial charge in [0.05, 0.1) is 7.11 Å². The number of hydrogen-bond donors (Lipinski definition) is 0. The summed E-state index contributed by atoms with van der Waals surface area (Å²) in [5.74, 6) is 1.27. The summed E-state index contributed by atoms with van der Waals surface area (Å²) in [5, 5.41) is 0. The molecule has 0 N–H and O–H groups in total. The van der Waals surface area contributed by atoms with E-state index in [1.807, 2.05) is 18.2 Å². The number of thiophene rings is 1. The fourth-order valence-corrected chi connectivity index (χ4v) is 6.00. The Hall–Kier alpha value is -1.92. The van der Waals surface area contributed by atoms with Gasteiger partial charge in [-0.2, -0.15) is 0 Å². The number of fused-ring (bicyclic) bond motifs is 4. The van der Waals surface area contributed by atoms with E-state index < -0.39 is 0 Å². The van der Waals surface area contributed by atoms with Crippen LogP contribution in [-0.2, 0) is 11.3 Å². The summed E-state index contributed by atoms with van der Waals surface area (Å²) in [6.07, 6.45) is 3.37. The molecule has 156 valence electrons. The Bertz CT molecular complexity index is 932. The molecule has 0 saturated carbocycles. The van der Waals surface area contributed by atoms with Crippen LogP contribution in [0, 0.1) is 11.8 Å². The first-order chi connectivity index (χ1) is 14.0. The van der Waals surface area contributed by atoms with Crippen LogP contribution >= 0.6 is 11.3 Å². The Balaban J connectivity index is 1.57. The second kappa shape index (κ2) is 8.44. The quantitative estimate of drug-likeness (QED) is 0.662. The first-order valence-electron chi connectivity index (χ1n) is 10.6. The SMILES string of the molecule is COC(=O)c1ccc(CN2C[C@H]3C[C@@H](C2)[C@H](CCC(C)C)n2c3cccc2=O)s1. The summed E-state index contributed by atoms with van der Waals surface area (Å²) < 4.78 is 6.95. The van der Waals surface area contributed by atoms with Crippen LogP contribution in [-0.4, -0.2) is 35.6 Å². The van der Waals surface area contributed by atoms with Crippen LogP contribution < -0.4 is 5.56 Å². The van der Waals surface area contributed by atoms with Crippen molar-refractivity contribution < 1.29 is 9.53 Å². The monoisotopic (exact) mass is 414 g/mol. The van der Waals surface area contributed by atoms with Crippen LogP contribution in [0.15, 0.2) is 35.1 Å². The second-order valence-electron chi connectivity index (χ2n) is 8.84. The normalized spacial score (nSPS) is 23.8. The van der Waals surface area contributed by atoms with Gasteiger partial charge in [-0.25, -0.2) is 4.79 Å². The van der Waals surface area contributed by atoms with Crippen LogP contribution in [0.25, 0.3) is 0 Å². The van der Waals surface area contributed by atoms with Crippen LogP contribution in [0.2, 0.25) is 0 Å². The highest BCUT2D eigenvalue weighted by molar-refractivity contribution is 7.13. The molecular formula is C23H30N2O3S. The Morgan fingerprint density at radius 1 is 1.24 bits per heavy atom. The molecule has 29 heavy (non-hydrogen) atoms. The lowest BCUT2D eigenvalue weighted by molar-refractivity contribution is 0.0606. The number of piperidine rings is 1. The average Bonchev–Trinajstić information content (AvgIpc) is 3.16. The van der Waals surface area contributed by atoms with Crippen LogP contribution in [0.5, 0.6) is 0 Å². The molecule has 0 amide bonds. The zero-order valence-electron chi connectivity index (χ0n) is 17.5. The molecule has 2 aromatic rings. The molecule has 0 unspecified atom stereocenters. The van der Waals surface area contributed by atoms with Gasteiger partial charge in [-0.15, -0.1) is 11.3 Å². The van der Waals surface area contributed by atoms with Gasteiger partial charge in [-0.1, -0.05) is 19.9 Å². The minimum Gasteiger partial charge on any atom is -0.465 e. The maximum Gasteiger partial charge on any atom is 0.348 e. The van der Waals surface area contributed by atoms with Gasteiger partial charge < -0.3 is 9.30 Å². The molecule has 1 fully saturated rings. The highest BCUT2D eigenvalue weighted by Gasteiger charge is 2.40. The van der Waals surface area contributed by atoms with E-state index in [2.05, 4.69) is 29.4 Å². The zero-order chi connectivity index (χ0) is 20.5. The van der Waals surface area contributed by atoms with E-state index in [4.69, 9.17) is 4.74 Å².